The van der Waals surface area contributed by atoms with Crippen molar-refractivity contribution in [1.82, 2.24) is 20.1 Å². The molecule has 2 aromatic heterocycles. The third kappa shape index (κ3) is 3.88. The molecule has 1 atom stereocenters. The summed E-state index contributed by atoms with van der Waals surface area (Å²) in [6.07, 6.45) is 1.25. The lowest BCUT2D eigenvalue weighted by atomic mass is 10.1. The number of nitrogens with zero attached hydrogens (tertiary/aromatic N) is 3. The summed E-state index contributed by atoms with van der Waals surface area (Å²) in [5, 5.41) is 17.8. The monoisotopic (exact) mass is 274 g/mol. The number of hydrogen-bond acceptors (Lipinski definition) is 4. The van der Waals surface area contributed by atoms with Gasteiger partial charge in [-0.05, 0) is 39.0 Å². The third-order valence-corrected chi connectivity index (χ3v) is 2.91. The third-order valence-electron chi connectivity index (χ3n) is 2.91. The molecule has 5 heteroatoms. The Kier molecular flexibility index (Phi) is 4.20. The molecule has 0 saturated heterocycles. The molecule has 0 radical (unpaired) electrons. The van der Waals surface area contributed by atoms with Crippen LogP contribution in [0.2, 0.25) is 0 Å². The van der Waals surface area contributed by atoms with Crippen LogP contribution < -0.4 is 5.32 Å². The van der Waals surface area contributed by atoms with E-state index in [1.54, 1.807) is 4.68 Å². The molecular formula is C15H22N4O. The van der Waals surface area contributed by atoms with Gasteiger partial charge in [0, 0.05) is 25.3 Å². The number of pyridine rings is 1. The van der Waals surface area contributed by atoms with Crippen molar-refractivity contribution in [1.29, 1.82) is 0 Å². The molecule has 0 aliphatic carbocycles. The molecule has 2 heterocycles. The average molecular weight is 274 g/mol. The lowest BCUT2D eigenvalue weighted by molar-refractivity contribution is 0.159. The first-order valence-corrected chi connectivity index (χ1v) is 6.75. The van der Waals surface area contributed by atoms with E-state index < -0.39 is 6.10 Å². The van der Waals surface area contributed by atoms with Crippen molar-refractivity contribution in [2.45, 2.75) is 32.4 Å². The second-order valence-electron chi connectivity index (χ2n) is 5.97. The van der Waals surface area contributed by atoms with Crippen LogP contribution in [0.4, 0.5) is 0 Å². The zero-order valence-corrected chi connectivity index (χ0v) is 12.5. The lowest BCUT2D eigenvalue weighted by Crippen LogP contribution is -2.38. The predicted octanol–water partition coefficient (Wildman–Crippen LogP) is 1.90. The molecular weight excluding hydrogens is 252 g/mol. The van der Waals surface area contributed by atoms with Crippen LogP contribution in [0.25, 0.3) is 11.4 Å². The Labute approximate surface area is 119 Å². The first kappa shape index (κ1) is 14.7. The maximum absolute atomic E-state index is 10.2. The predicted molar refractivity (Wildman–Crippen MR) is 79.2 cm³/mol. The fraction of sp³-hybridized carbons (Fsp3) is 0.467. The summed E-state index contributed by atoms with van der Waals surface area (Å²) in [6, 6.07) is 7.54. The van der Waals surface area contributed by atoms with Crippen LogP contribution in [-0.2, 0) is 7.05 Å². The summed E-state index contributed by atoms with van der Waals surface area (Å²) < 4.78 is 1.74. The number of hydrogen-bond donors (Lipinski definition) is 2. The SMILES string of the molecule is Cn1ccc(-c2cccc([C@H](O)CNC(C)(C)C)n2)n1. The Morgan fingerprint density at radius 3 is 2.60 bits per heavy atom. The highest BCUT2D eigenvalue weighted by Gasteiger charge is 2.15. The van der Waals surface area contributed by atoms with Gasteiger partial charge in [0.2, 0.25) is 0 Å². The smallest absolute Gasteiger partial charge is 0.111 e. The lowest BCUT2D eigenvalue weighted by Gasteiger charge is -2.22. The Morgan fingerprint density at radius 1 is 1.25 bits per heavy atom. The molecule has 5 nitrogen and oxygen atoms in total. The summed E-state index contributed by atoms with van der Waals surface area (Å²) in [6.45, 7) is 6.68. The Bertz CT molecular complexity index is 571. The first-order chi connectivity index (χ1) is 9.35. The first-order valence-electron chi connectivity index (χ1n) is 6.75. The maximum Gasteiger partial charge on any atom is 0.111 e. The summed E-state index contributed by atoms with van der Waals surface area (Å²) in [7, 11) is 1.87. The van der Waals surface area contributed by atoms with Gasteiger partial charge in [-0.3, -0.25) is 4.68 Å². The van der Waals surface area contributed by atoms with Gasteiger partial charge in [-0.2, -0.15) is 5.10 Å². The zero-order chi connectivity index (χ0) is 14.8. The molecule has 0 spiro atoms. The minimum Gasteiger partial charge on any atom is -0.385 e. The second-order valence-corrected chi connectivity index (χ2v) is 5.97. The van der Waals surface area contributed by atoms with Crippen molar-refractivity contribution in [3.05, 3.63) is 36.2 Å². The summed E-state index contributed by atoms with van der Waals surface area (Å²) >= 11 is 0. The van der Waals surface area contributed by atoms with Gasteiger partial charge in [0.25, 0.3) is 0 Å². The van der Waals surface area contributed by atoms with Crippen molar-refractivity contribution >= 4 is 0 Å². The van der Waals surface area contributed by atoms with Gasteiger partial charge in [0.1, 0.15) is 11.8 Å². The molecule has 108 valence electrons. The largest absolute Gasteiger partial charge is 0.385 e. The van der Waals surface area contributed by atoms with Crippen molar-refractivity contribution < 1.29 is 5.11 Å². The number of rotatable bonds is 4. The Morgan fingerprint density at radius 2 is 2.00 bits per heavy atom. The summed E-state index contributed by atoms with van der Waals surface area (Å²) in [4.78, 5) is 4.49. The fourth-order valence-corrected chi connectivity index (χ4v) is 1.84. The van der Waals surface area contributed by atoms with Crippen LogP contribution >= 0.6 is 0 Å². The van der Waals surface area contributed by atoms with Crippen LogP contribution in [0.15, 0.2) is 30.5 Å². The molecule has 0 aromatic carbocycles. The van der Waals surface area contributed by atoms with Crippen LogP contribution in [0, 0.1) is 0 Å². The zero-order valence-electron chi connectivity index (χ0n) is 12.5. The average Bonchev–Trinajstić information content (AvgIpc) is 2.82. The second kappa shape index (κ2) is 5.73. The molecule has 0 saturated carbocycles. The molecule has 2 aromatic rings. The molecule has 2 N–H and O–H groups in total. The molecule has 0 aliphatic rings. The van der Waals surface area contributed by atoms with E-state index in [2.05, 4.69) is 36.2 Å². The van der Waals surface area contributed by atoms with Gasteiger partial charge < -0.3 is 10.4 Å². The maximum atomic E-state index is 10.2. The fourth-order valence-electron chi connectivity index (χ4n) is 1.84. The van der Waals surface area contributed by atoms with Gasteiger partial charge in [-0.25, -0.2) is 4.98 Å². The van der Waals surface area contributed by atoms with Crippen molar-refractivity contribution in [3.8, 4) is 11.4 Å². The van der Waals surface area contributed by atoms with E-state index >= 15 is 0 Å². The van der Waals surface area contributed by atoms with Gasteiger partial charge in [-0.15, -0.1) is 0 Å². The van der Waals surface area contributed by atoms with Gasteiger partial charge in [0.15, 0.2) is 0 Å². The van der Waals surface area contributed by atoms with Crippen LogP contribution in [0.5, 0.6) is 0 Å². The standard InChI is InChI=1S/C15H22N4O/c1-15(2,3)16-10-14(20)13-7-5-6-11(17-13)12-8-9-19(4)18-12/h5-9,14,16,20H,10H2,1-4H3/t14-/m1/s1. The van der Waals surface area contributed by atoms with Gasteiger partial charge >= 0.3 is 0 Å². The number of aliphatic hydroxyl groups is 1. The molecule has 0 fully saturated rings. The number of aryl methyl sites for hydroxylation is 1. The van der Waals surface area contributed by atoms with Crippen molar-refractivity contribution in [2.24, 2.45) is 7.05 Å². The normalized spacial score (nSPS) is 13.4. The quantitative estimate of drug-likeness (QED) is 0.894. The van der Waals surface area contributed by atoms with Crippen LogP contribution in [-0.4, -0.2) is 32.0 Å². The van der Waals surface area contributed by atoms with E-state index in [1.165, 1.54) is 0 Å². The van der Waals surface area contributed by atoms with Gasteiger partial charge in [-0.1, -0.05) is 6.07 Å². The van der Waals surface area contributed by atoms with Crippen LogP contribution in [0.1, 0.15) is 32.6 Å². The molecule has 0 amide bonds. The number of nitrogens with one attached hydrogen (secondary N) is 1. The van der Waals surface area contributed by atoms with E-state index in [0.29, 0.717) is 12.2 Å². The van der Waals surface area contributed by atoms with E-state index in [1.807, 2.05) is 37.5 Å². The highest BCUT2D eigenvalue weighted by molar-refractivity contribution is 5.53. The Hall–Kier alpha value is -1.72. The van der Waals surface area contributed by atoms with Crippen molar-refractivity contribution in [3.63, 3.8) is 0 Å². The minimum atomic E-state index is -0.627. The molecule has 0 bridgehead atoms. The van der Waals surface area contributed by atoms with Gasteiger partial charge in [0.05, 0.1) is 11.4 Å². The molecule has 20 heavy (non-hydrogen) atoms. The number of aromatic nitrogens is 3. The van der Waals surface area contributed by atoms with Crippen molar-refractivity contribution in [2.75, 3.05) is 6.54 Å². The van der Waals surface area contributed by atoms with Crippen LogP contribution in [0.3, 0.4) is 0 Å². The summed E-state index contributed by atoms with van der Waals surface area (Å²) in [5.41, 5.74) is 2.22. The topological polar surface area (TPSA) is 63.0 Å². The van der Waals surface area contributed by atoms with E-state index in [-0.39, 0.29) is 5.54 Å². The minimum absolute atomic E-state index is 0.0282. The van der Waals surface area contributed by atoms with E-state index in [9.17, 15) is 5.11 Å². The molecule has 2 rings (SSSR count). The van der Waals surface area contributed by atoms with E-state index in [0.717, 1.165) is 11.4 Å². The highest BCUT2D eigenvalue weighted by atomic mass is 16.3. The number of β-amino-alcohol motifs (C(OH)–C–C–N with tert-alkyl or cyclic N) is 1. The Balaban J connectivity index is 2.13. The molecule has 0 aliphatic heterocycles. The van der Waals surface area contributed by atoms with E-state index in [4.69, 9.17) is 0 Å². The number of aliphatic hydroxyl groups excluding tert-OH is 1. The summed E-state index contributed by atoms with van der Waals surface area (Å²) in [5.74, 6) is 0. The highest BCUT2D eigenvalue weighted by Crippen LogP contribution is 2.18. The molecule has 0 unspecified atom stereocenters.